The first-order valence-electron chi connectivity index (χ1n) is 7.79. The van der Waals surface area contributed by atoms with Crippen LogP contribution in [-0.4, -0.2) is 25.8 Å². The molecular weight excluding hydrogens is 304 g/mol. The predicted molar refractivity (Wildman–Crippen MR) is 98.2 cm³/mol. The molecule has 0 bridgehead atoms. The molecule has 122 valence electrons. The molecule has 2 aromatic carbocycles. The lowest BCUT2D eigenvalue weighted by Crippen LogP contribution is -3.08. The van der Waals surface area contributed by atoms with Crippen molar-refractivity contribution in [2.45, 2.75) is 25.3 Å². The highest BCUT2D eigenvalue weighted by molar-refractivity contribution is 7.98. The molecule has 0 aliphatic carbocycles. The van der Waals surface area contributed by atoms with Crippen molar-refractivity contribution in [2.24, 2.45) is 0 Å². The largest absolute Gasteiger partial charge is 0.326 e. The van der Waals surface area contributed by atoms with E-state index < -0.39 is 0 Å². The summed E-state index contributed by atoms with van der Waals surface area (Å²) < 4.78 is 0. The number of thioether (sulfide) groups is 1. The van der Waals surface area contributed by atoms with Crippen molar-refractivity contribution in [3.05, 3.63) is 59.2 Å². The van der Waals surface area contributed by atoms with E-state index in [2.05, 4.69) is 49.7 Å². The smallest absolute Gasteiger partial charge is 0.279 e. The van der Waals surface area contributed by atoms with E-state index in [1.807, 2.05) is 25.2 Å². The van der Waals surface area contributed by atoms with Gasteiger partial charge in [-0.05, 0) is 55.5 Å². The number of rotatable bonds is 6. The Hall–Kier alpha value is -1.78. The molecular formula is C19H25N2OS+. The molecule has 0 heterocycles. The number of carbonyl (C=O) groups is 1. The minimum absolute atomic E-state index is 0.0477. The summed E-state index contributed by atoms with van der Waals surface area (Å²) in [6.07, 6.45) is 2.07. The lowest BCUT2D eigenvalue weighted by molar-refractivity contribution is -0.885. The third-order valence-corrected chi connectivity index (χ3v) is 4.66. The summed E-state index contributed by atoms with van der Waals surface area (Å²) >= 11 is 1.74. The Kier molecular flexibility index (Phi) is 6.25. The Morgan fingerprint density at radius 2 is 1.78 bits per heavy atom. The maximum atomic E-state index is 12.2. The van der Waals surface area contributed by atoms with Gasteiger partial charge in [0, 0.05) is 16.1 Å². The lowest BCUT2D eigenvalue weighted by Gasteiger charge is -2.14. The number of carbonyl (C=O) groups excluding carboxylic acids is 1. The Morgan fingerprint density at radius 1 is 1.09 bits per heavy atom. The number of nitrogens with one attached hydrogen (secondary N) is 2. The topological polar surface area (TPSA) is 33.5 Å². The lowest BCUT2D eigenvalue weighted by atomic mass is 10.1. The van der Waals surface area contributed by atoms with Crippen molar-refractivity contribution in [2.75, 3.05) is 25.2 Å². The molecule has 0 aromatic heterocycles. The molecule has 1 amide bonds. The van der Waals surface area contributed by atoms with Crippen LogP contribution in [0.25, 0.3) is 0 Å². The van der Waals surface area contributed by atoms with Gasteiger partial charge in [0.2, 0.25) is 0 Å². The molecule has 0 fully saturated rings. The van der Waals surface area contributed by atoms with E-state index >= 15 is 0 Å². The first-order chi connectivity index (χ1) is 11.0. The molecule has 0 spiro atoms. The van der Waals surface area contributed by atoms with Gasteiger partial charge in [0.25, 0.3) is 5.91 Å². The van der Waals surface area contributed by atoms with Gasteiger partial charge in [0.15, 0.2) is 6.54 Å². The molecule has 4 heteroatoms. The average Bonchev–Trinajstić information content (AvgIpc) is 2.51. The van der Waals surface area contributed by atoms with Crippen LogP contribution in [-0.2, 0) is 11.3 Å². The quantitative estimate of drug-likeness (QED) is 0.799. The van der Waals surface area contributed by atoms with Crippen LogP contribution in [0.5, 0.6) is 0 Å². The van der Waals surface area contributed by atoms with Gasteiger partial charge in [-0.25, -0.2) is 0 Å². The number of aryl methyl sites for hydroxylation is 2. The van der Waals surface area contributed by atoms with E-state index in [1.54, 1.807) is 11.8 Å². The van der Waals surface area contributed by atoms with Gasteiger partial charge < -0.3 is 10.2 Å². The molecule has 23 heavy (non-hydrogen) atoms. The summed E-state index contributed by atoms with van der Waals surface area (Å²) in [5.74, 6) is 0.0477. The minimum atomic E-state index is 0.0477. The number of hydrogen-bond donors (Lipinski definition) is 2. The summed E-state index contributed by atoms with van der Waals surface area (Å²) in [4.78, 5) is 14.6. The van der Waals surface area contributed by atoms with Crippen LogP contribution in [0.4, 0.5) is 5.69 Å². The van der Waals surface area contributed by atoms with Crippen LogP contribution in [0.2, 0.25) is 0 Å². The highest BCUT2D eigenvalue weighted by Gasteiger charge is 2.11. The number of benzene rings is 2. The van der Waals surface area contributed by atoms with Crippen molar-refractivity contribution < 1.29 is 9.69 Å². The van der Waals surface area contributed by atoms with Crippen LogP contribution >= 0.6 is 11.8 Å². The van der Waals surface area contributed by atoms with Gasteiger partial charge in [-0.3, -0.25) is 4.79 Å². The van der Waals surface area contributed by atoms with Gasteiger partial charge in [0.05, 0.1) is 7.05 Å². The molecule has 0 radical (unpaired) electrons. The van der Waals surface area contributed by atoms with Crippen LogP contribution in [0.1, 0.15) is 16.7 Å². The molecule has 1 atom stereocenters. The SMILES string of the molecule is CSc1ccc(C[NH+](C)CC(=O)Nc2ccc(C)c(C)c2)cc1. The van der Waals surface area contributed by atoms with Crippen molar-refractivity contribution in [3.8, 4) is 0 Å². The number of amides is 1. The van der Waals surface area contributed by atoms with Crippen molar-refractivity contribution in [1.82, 2.24) is 0 Å². The fourth-order valence-corrected chi connectivity index (χ4v) is 2.86. The summed E-state index contributed by atoms with van der Waals surface area (Å²) in [5.41, 5.74) is 4.55. The maximum Gasteiger partial charge on any atom is 0.279 e. The Labute approximate surface area is 143 Å². The fourth-order valence-electron chi connectivity index (χ4n) is 2.45. The Balaban J connectivity index is 1.87. The zero-order valence-corrected chi connectivity index (χ0v) is 15.1. The van der Waals surface area contributed by atoms with Gasteiger partial charge in [-0.1, -0.05) is 18.2 Å². The van der Waals surface area contributed by atoms with E-state index in [4.69, 9.17) is 0 Å². The molecule has 0 saturated carbocycles. The normalized spacial score (nSPS) is 12.0. The van der Waals surface area contributed by atoms with E-state index in [0.29, 0.717) is 6.54 Å². The third kappa shape index (κ3) is 5.41. The van der Waals surface area contributed by atoms with Crippen LogP contribution < -0.4 is 10.2 Å². The number of quaternary nitrogens is 1. The molecule has 3 nitrogen and oxygen atoms in total. The van der Waals surface area contributed by atoms with E-state index in [0.717, 1.165) is 12.2 Å². The molecule has 2 N–H and O–H groups in total. The number of hydrogen-bond acceptors (Lipinski definition) is 2. The number of anilines is 1. The monoisotopic (exact) mass is 329 g/mol. The number of likely N-dealkylation sites (N-methyl/N-ethyl adjacent to an activating group) is 1. The molecule has 0 saturated heterocycles. The average molecular weight is 329 g/mol. The van der Waals surface area contributed by atoms with Crippen molar-refractivity contribution in [3.63, 3.8) is 0 Å². The summed E-state index contributed by atoms with van der Waals surface area (Å²) in [7, 11) is 2.04. The minimum Gasteiger partial charge on any atom is -0.326 e. The molecule has 1 unspecified atom stereocenters. The zero-order valence-electron chi connectivity index (χ0n) is 14.3. The Morgan fingerprint density at radius 3 is 2.39 bits per heavy atom. The predicted octanol–water partition coefficient (Wildman–Crippen LogP) is 2.68. The van der Waals surface area contributed by atoms with E-state index in [-0.39, 0.29) is 5.91 Å². The fraction of sp³-hybridized carbons (Fsp3) is 0.316. The van der Waals surface area contributed by atoms with Gasteiger partial charge in [-0.15, -0.1) is 11.8 Å². The van der Waals surface area contributed by atoms with Gasteiger partial charge >= 0.3 is 0 Å². The summed E-state index contributed by atoms with van der Waals surface area (Å²) in [6, 6.07) is 14.5. The molecule has 2 rings (SSSR count). The second-order valence-electron chi connectivity index (χ2n) is 6.01. The van der Waals surface area contributed by atoms with Crippen molar-refractivity contribution >= 4 is 23.4 Å². The molecule has 2 aromatic rings. The highest BCUT2D eigenvalue weighted by Crippen LogP contribution is 2.15. The molecule has 0 aliphatic rings. The Bertz CT molecular complexity index is 668. The van der Waals surface area contributed by atoms with Gasteiger partial charge in [0.1, 0.15) is 6.54 Å². The standard InChI is InChI=1S/C19H24N2OS/c1-14-5-8-17(11-15(14)2)20-19(22)13-21(3)12-16-6-9-18(23-4)10-7-16/h5-11H,12-13H2,1-4H3,(H,20,22)/p+1. The molecule has 0 aliphatic heterocycles. The van der Waals surface area contributed by atoms with E-state index in [1.165, 1.54) is 26.5 Å². The highest BCUT2D eigenvalue weighted by atomic mass is 32.2. The second-order valence-corrected chi connectivity index (χ2v) is 6.89. The van der Waals surface area contributed by atoms with Crippen LogP contribution in [0, 0.1) is 13.8 Å². The van der Waals surface area contributed by atoms with E-state index in [9.17, 15) is 4.79 Å². The maximum absolute atomic E-state index is 12.2. The van der Waals surface area contributed by atoms with Crippen LogP contribution in [0.15, 0.2) is 47.4 Å². The summed E-state index contributed by atoms with van der Waals surface area (Å²) in [6.45, 7) is 5.42. The van der Waals surface area contributed by atoms with Gasteiger partial charge in [-0.2, -0.15) is 0 Å². The van der Waals surface area contributed by atoms with Crippen molar-refractivity contribution in [1.29, 1.82) is 0 Å². The first-order valence-corrected chi connectivity index (χ1v) is 9.01. The third-order valence-electron chi connectivity index (χ3n) is 3.92. The second kappa shape index (κ2) is 8.18. The van der Waals surface area contributed by atoms with Crippen LogP contribution in [0.3, 0.4) is 0 Å². The zero-order chi connectivity index (χ0) is 16.8. The first kappa shape index (κ1) is 17.6. The summed E-state index contributed by atoms with van der Waals surface area (Å²) in [5, 5.41) is 2.98.